The zero-order chi connectivity index (χ0) is 9.98. The lowest BCUT2D eigenvalue weighted by Crippen LogP contribution is -2.09. The van der Waals surface area contributed by atoms with Crippen LogP contribution in [0.3, 0.4) is 0 Å². The molecule has 0 aliphatic heterocycles. The van der Waals surface area contributed by atoms with E-state index in [0.717, 1.165) is 12.1 Å². The van der Waals surface area contributed by atoms with E-state index in [1.807, 2.05) is 40.0 Å². The van der Waals surface area contributed by atoms with Gasteiger partial charge in [-0.25, -0.2) is 0 Å². The molecular formula is C10H20BrN. The van der Waals surface area contributed by atoms with Crippen molar-refractivity contribution in [2.24, 2.45) is 4.99 Å². The molecule has 0 aromatic heterocycles. The smallest absolute Gasteiger partial charge is 0.0560 e. The summed E-state index contributed by atoms with van der Waals surface area (Å²) in [5, 5.41) is 0. The Morgan fingerprint density at radius 2 is 2.00 bits per heavy atom. The SMILES string of the molecule is C/C=C\C(=NC)C(Br)CC.CC. The van der Waals surface area contributed by atoms with Crippen molar-refractivity contribution >= 4 is 21.6 Å². The predicted molar refractivity (Wildman–Crippen MR) is 62.5 cm³/mol. The summed E-state index contributed by atoms with van der Waals surface area (Å²) < 4.78 is 0. The first-order valence-corrected chi connectivity index (χ1v) is 5.41. The lowest BCUT2D eigenvalue weighted by atomic mass is 10.2. The van der Waals surface area contributed by atoms with Crippen LogP contribution in [0.2, 0.25) is 0 Å². The van der Waals surface area contributed by atoms with Gasteiger partial charge in [-0.2, -0.15) is 0 Å². The first-order valence-electron chi connectivity index (χ1n) is 4.49. The molecular weight excluding hydrogens is 214 g/mol. The molecule has 0 N–H and O–H groups in total. The van der Waals surface area contributed by atoms with Crippen molar-refractivity contribution in [3.05, 3.63) is 12.2 Å². The summed E-state index contributed by atoms with van der Waals surface area (Å²) in [5.41, 5.74) is 1.12. The molecule has 0 amide bonds. The maximum atomic E-state index is 4.13. The number of hydrogen-bond acceptors (Lipinski definition) is 1. The second-order valence-corrected chi connectivity index (χ2v) is 3.13. The maximum absolute atomic E-state index is 4.13. The molecule has 1 nitrogen and oxygen atoms in total. The summed E-state index contributed by atoms with van der Waals surface area (Å²) in [6, 6.07) is 0. The Labute approximate surface area is 85.1 Å². The minimum absolute atomic E-state index is 0.411. The summed E-state index contributed by atoms with van der Waals surface area (Å²) in [7, 11) is 1.82. The Hall–Kier alpha value is -0.110. The summed E-state index contributed by atoms with van der Waals surface area (Å²) in [4.78, 5) is 4.54. The molecule has 0 saturated heterocycles. The molecule has 1 unspecified atom stereocenters. The molecule has 1 atom stereocenters. The average Bonchev–Trinajstić information content (AvgIpc) is 2.16. The topological polar surface area (TPSA) is 12.4 Å². The van der Waals surface area contributed by atoms with E-state index < -0.39 is 0 Å². The van der Waals surface area contributed by atoms with Crippen molar-refractivity contribution in [1.29, 1.82) is 0 Å². The van der Waals surface area contributed by atoms with Crippen molar-refractivity contribution < 1.29 is 0 Å². The fourth-order valence-electron chi connectivity index (χ4n) is 0.699. The molecule has 12 heavy (non-hydrogen) atoms. The Kier molecular flexibility index (Phi) is 13.1. The second kappa shape index (κ2) is 10.9. The molecule has 0 rings (SSSR count). The highest BCUT2D eigenvalue weighted by molar-refractivity contribution is 9.10. The summed E-state index contributed by atoms with van der Waals surface area (Å²) >= 11 is 3.52. The van der Waals surface area contributed by atoms with Crippen LogP contribution in [0.4, 0.5) is 0 Å². The van der Waals surface area contributed by atoms with E-state index in [4.69, 9.17) is 0 Å². The minimum Gasteiger partial charge on any atom is -0.292 e. The van der Waals surface area contributed by atoms with Crippen LogP contribution in [0.1, 0.15) is 34.1 Å². The third kappa shape index (κ3) is 6.59. The number of halogens is 1. The van der Waals surface area contributed by atoms with Crippen molar-refractivity contribution in [1.82, 2.24) is 0 Å². The lowest BCUT2D eigenvalue weighted by molar-refractivity contribution is 1.02. The van der Waals surface area contributed by atoms with Gasteiger partial charge in [-0.05, 0) is 19.4 Å². The van der Waals surface area contributed by atoms with Crippen LogP contribution in [-0.2, 0) is 0 Å². The van der Waals surface area contributed by atoms with Gasteiger partial charge >= 0.3 is 0 Å². The fourth-order valence-corrected chi connectivity index (χ4v) is 1.06. The van der Waals surface area contributed by atoms with Crippen molar-refractivity contribution in [2.75, 3.05) is 7.05 Å². The van der Waals surface area contributed by atoms with E-state index in [1.54, 1.807) is 0 Å². The normalized spacial score (nSPS) is 14.0. The third-order valence-corrected chi connectivity index (χ3v) is 2.39. The largest absolute Gasteiger partial charge is 0.292 e. The Morgan fingerprint density at radius 3 is 2.25 bits per heavy atom. The number of nitrogens with zero attached hydrogens (tertiary/aromatic N) is 1. The van der Waals surface area contributed by atoms with Gasteiger partial charge in [0.25, 0.3) is 0 Å². The molecule has 0 aromatic rings. The molecule has 0 heterocycles. The van der Waals surface area contributed by atoms with Gasteiger partial charge in [-0.1, -0.05) is 42.8 Å². The zero-order valence-electron chi connectivity index (χ0n) is 8.76. The van der Waals surface area contributed by atoms with Crippen LogP contribution in [0.15, 0.2) is 17.1 Å². The first-order chi connectivity index (χ1) is 5.76. The predicted octanol–water partition coefficient (Wildman–Crippen LogP) is 3.83. The molecule has 0 bridgehead atoms. The van der Waals surface area contributed by atoms with Gasteiger partial charge in [0.05, 0.1) is 4.83 Å². The molecule has 0 spiro atoms. The van der Waals surface area contributed by atoms with E-state index in [0.29, 0.717) is 4.83 Å². The molecule has 0 aliphatic rings. The molecule has 0 fully saturated rings. The van der Waals surface area contributed by atoms with Crippen LogP contribution in [-0.4, -0.2) is 17.6 Å². The van der Waals surface area contributed by atoms with Gasteiger partial charge in [0.1, 0.15) is 0 Å². The van der Waals surface area contributed by atoms with Crippen molar-refractivity contribution in [2.45, 2.75) is 38.9 Å². The summed E-state index contributed by atoms with van der Waals surface area (Å²) in [5.74, 6) is 0. The van der Waals surface area contributed by atoms with E-state index in [1.165, 1.54) is 0 Å². The van der Waals surface area contributed by atoms with Crippen LogP contribution in [0.5, 0.6) is 0 Å². The van der Waals surface area contributed by atoms with Crippen LogP contribution in [0, 0.1) is 0 Å². The first kappa shape index (κ1) is 14.4. The highest BCUT2D eigenvalue weighted by atomic mass is 79.9. The van der Waals surface area contributed by atoms with E-state index in [2.05, 4.69) is 27.8 Å². The van der Waals surface area contributed by atoms with E-state index in [9.17, 15) is 0 Å². The highest BCUT2D eigenvalue weighted by Crippen LogP contribution is 2.07. The average molecular weight is 234 g/mol. The molecule has 72 valence electrons. The molecule has 2 heteroatoms. The molecule has 0 saturated carbocycles. The van der Waals surface area contributed by atoms with Gasteiger partial charge in [0, 0.05) is 12.8 Å². The summed E-state index contributed by atoms with van der Waals surface area (Å²) in [6.07, 6.45) is 5.12. The number of rotatable bonds is 3. The number of alkyl halides is 1. The molecule has 0 radical (unpaired) electrons. The highest BCUT2D eigenvalue weighted by Gasteiger charge is 2.04. The van der Waals surface area contributed by atoms with Crippen molar-refractivity contribution in [3.63, 3.8) is 0 Å². The monoisotopic (exact) mass is 233 g/mol. The Morgan fingerprint density at radius 1 is 1.50 bits per heavy atom. The van der Waals surface area contributed by atoms with Gasteiger partial charge in [-0.3, -0.25) is 4.99 Å². The Bertz CT molecular complexity index is 139. The quantitative estimate of drug-likeness (QED) is 0.519. The van der Waals surface area contributed by atoms with Crippen molar-refractivity contribution in [3.8, 4) is 0 Å². The Balaban J connectivity index is 0. The van der Waals surface area contributed by atoms with Gasteiger partial charge < -0.3 is 0 Å². The second-order valence-electron chi connectivity index (χ2n) is 2.02. The maximum Gasteiger partial charge on any atom is 0.0560 e. The third-order valence-electron chi connectivity index (χ3n) is 1.27. The van der Waals surface area contributed by atoms with E-state index >= 15 is 0 Å². The number of aliphatic imine (C=N–C) groups is 1. The number of hydrogen-bond donors (Lipinski definition) is 0. The molecule has 0 aliphatic carbocycles. The van der Waals surface area contributed by atoms with Gasteiger partial charge in [-0.15, -0.1) is 0 Å². The zero-order valence-corrected chi connectivity index (χ0v) is 10.4. The van der Waals surface area contributed by atoms with Crippen LogP contribution < -0.4 is 0 Å². The van der Waals surface area contributed by atoms with Gasteiger partial charge in [0.15, 0.2) is 0 Å². The lowest BCUT2D eigenvalue weighted by Gasteiger charge is -2.04. The minimum atomic E-state index is 0.411. The van der Waals surface area contributed by atoms with Crippen LogP contribution in [0.25, 0.3) is 0 Å². The van der Waals surface area contributed by atoms with E-state index in [-0.39, 0.29) is 0 Å². The molecule has 0 aromatic carbocycles. The van der Waals surface area contributed by atoms with Crippen LogP contribution >= 0.6 is 15.9 Å². The number of allylic oxidation sites excluding steroid dienone is 2. The van der Waals surface area contributed by atoms with Gasteiger partial charge in [0.2, 0.25) is 0 Å². The fraction of sp³-hybridized carbons (Fsp3) is 0.700. The summed E-state index contributed by atoms with van der Waals surface area (Å²) in [6.45, 7) is 8.13. The standard InChI is InChI=1S/C8H14BrN.C2H6/c1-4-6-8(10-3)7(9)5-2;1-2/h4,6-7H,5H2,1-3H3;1-2H3/b6-4-,10-8?;.